The average molecular weight is 274 g/mol. The van der Waals surface area contributed by atoms with Crippen molar-refractivity contribution in [2.24, 2.45) is 0 Å². The van der Waals surface area contributed by atoms with Crippen LogP contribution in [0.1, 0.15) is 29.8 Å². The smallest absolute Gasteiger partial charge is 0.148 e. The van der Waals surface area contributed by atoms with Crippen LogP contribution < -0.4 is 0 Å². The Kier molecular flexibility index (Phi) is 3.49. The van der Waals surface area contributed by atoms with Crippen molar-refractivity contribution in [1.29, 1.82) is 0 Å². The second-order valence-corrected chi connectivity index (χ2v) is 5.18. The Labute approximate surface area is 117 Å². The molecule has 0 aliphatic carbocycles. The summed E-state index contributed by atoms with van der Waals surface area (Å²) in [6.07, 6.45) is 2.02. The van der Waals surface area contributed by atoms with E-state index in [1.54, 1.807) is 0 Å². The van der Waals surface area contributed by atoms with E-state index in [0.717, 1.165) is 25.2 Å². The second kappa shape index (κ2) is 5.29. The molecule has 4 heteroatoms. The first-order valence-electron chi connectivity index (χ1n) is 6.77. The molecule has 0 amide bonds. The molecule has 2 heterocycles. The van der Waals surface area contributed by atoms with Crippen LogP contribution in [0.15, 0.2) is 36.5 Å². The van der Waals surface area contributed by atoms with Crippen LogP contribution >= 0.6 is 0 Å². The Morgan fingerprint density at radius 1 is 1.30 bits per heavy atom. The first-order chi connectivity index (χ1) is 9.65. The quantitative estimate of drug-likeness (QED) is 0.833. The van der Waals surface area contributed by atoms with E-state index in [9.17, 15) is 8.78 Å². The lowest BCUT2D eigenvalue weighted by atomic mass is 9.93. The Morgan fingerprint density at radius 2 is 2.10 bits per heavy atom. The lowest BCUT2D eigenvalue weighted by Gasteiger charge is -2.35. The van der Waals surface area contributed by atoms with E-state index in [0.29, 0.717) is 12.2 Å². The van der Waals surface area contributed by atoms with Crippen LogP contribution in [0.5, 0.6) is 0 Å². The summed E-state index contributed by atoms with van der Waals surface area (Å²) in [4.78, 5) is 6.04. The fourth-order valence-corrected chi connectivity index (χ4v) is 2.79. The molecule has 1 atom stereocenters. The van der Waals surface area contributed by atoms with E-state index in [-0.39, 0.29) is 6.04 Å². The van der Waals surface area contributed by atoms with E-state index in [1.165, 1.54) is 11.1 Å². The Hall–Kier alpha value is -1.81. The van der Waals surface area contributed by atoms with Crippen molar-refractivity contribution in [1.82, 2.24) is 9.88 Å². The van der Waals surface area contributed by atoms with E-state index < -0.39 is 11.6 Å². The molecule has 1 aliphatic rings. The second-order valence-electron chi connectivity index (χ2n) is 5.18. The molecule has 1 aliphatic heterocycles. The molecule has 0 saturated heterocycles. The van der Waals surface area contributed by atoms with Gasteiger partial charge in [0.25, 0.3) is 0 Å². The third-order valence-electron chi connectivity index (χ3n) is 3.96. The molecular weight excluding hydrogens is 258 g/mol. The third kappa shape index (κ3) is 2.43. The van der Waals surface area contributed by atoms with Gasteiger partial charge in [0, 0.05) is 25.2 Å². The lowest BCUT2D eigenvalue weighted by molar-refractivity contribution is 0.184. The molecule has 0 spiro atoms. The molecule has 2 nitrogen and oxygen atoms in total. The maximum absolute atomic E-state index is 13.7. The molecular formula is C16H16F2N2. The molecule has 20 heavy (non-hydrogen) atoms. The van der Waals surface area contributed by atoms with Crippen LogP contribution in [0.4, 0.5) is 8.78 Å². The average Bonchev–Trinajstić information content (AvgIpc) is 2.45. The monoisotopic (exact) mass is 274 g/mol. The van der Waals surface area contributed by atoms with Gasteiger partial charge in [-0.25, -0.2) is 8.78 Å². The van der Waals surface area contributed by atoms with Gasteiger partial charge in [-0.05, 0) is 24.5 Å². The number of halogens is 2. The number of hydrogen-bond acceptors (Lipinski definition) is 2. The summed E-state index contributed by atoms with van der Waals surface area (Å²) in [6, 6.07) is 9.43. The largest absolute Gasteiger partial charge is 0.290 e. The van der Waals surface area contributed by atoms with E-state index in [2.05, 4.69) is 28.9 Å². The van der Waals surface area contributed by atoms with Crippen molar-refractivity contribution >= 4 is 0 Å². The van der Waals surface area contributed by atoms with Gasteiger partial charge in [-0.2, -0.15) is 0 Å². The Morgan fingerprint density at radius 3 is 2.90 bits per heavy atom. The van der Waals surface area contributed by atoms with Gasteiger partial charge in [-0.1, -0.05) is 24.3 Å². The number of aromatic nitrogens is 1. The number of fused-ring (bicyclic) bond motifs is 1. The molecule has 1 aromatic heterocycles. The van der Waals surface area contributed by atoms with Gasteiger partial charge in [0.05, 0.1) is 11.9 Å². The fourth-order valence-electron chi connectivity index (χ4n) is 2.79. The van der Waals surface area contributed by atoms with Gasteiger partial charge in [-0.15, -0.1) is 0 Å². The number of benzene rings is 1. The zero-order chi connectivity index (χ0) is 14.1. The van der Waals surface area contributed by atoms with Crippen molar-refractivity contribution < 1.29 is 8.78 Å². The zero-order valence-electron chi connectivity index (χ0n) is 11.3. The van der Waals surface area contributed by atoms with E-state index >= 15 is 0 Å². The van der Waals surface area contributed by atoms with Crippen molar-refractivity contribution in [2.75, 3.05) is 6.54 Å². The van der Waals surface area contributed by atoms with Gasteiger partial charge >= 0.3 is 0 Å². The van der Waals surface area contributed by atoms with Gasteiger partial charge in [0.2, 0.25) is 0 Å². The standard InChI is InChI=1S/C16H16F2N2/c1-11-14-5-3-2-4-12(14)6-7-20(11)10-16-15(18)8-13(17)9-19-16/h2-5,8-9,11H,6-7,10H2,1H3. The topological polar surface area (TPSA) is 16.1 Å². The van der Waals surface area contributed by atoms with Crippen molar-refractivity contribution in [2.45, 2.75) is 25.9 Å². The summed E-state index contributed by atoms with van der Waals surface area (Å²) in [5.41, 5.74) is 2.93. The molecule has 0 saturated carbocycles. The Bertz CT molecular complexity index is 628. The van der Waals surface area contributed by atoms with Crippen LogP contribution in [0.3, 0.4) is 0 Å². The summed E-state index contributed by atoms with van der Waals surface area (Å²) < 4.78 is 26.6. The normalized spacial score (nSPS) is 18.9. The zero-order valence-corrected chi connectivity index (χ0v) is 11.3. The molecule has 2 aromatic rings. The van der Waals surface area contributed by atoms with Gasteiger partial charge < -0.3 is 0 Å². The Balaban J connectivity index is 1.83. The van der Waals surface area contributed by atoms with Gasteiger partial charge in [0.15, 0.2) is 0 Å². The SMILES string of the molecule is CC1c2ccccc2CCN1Cc1ncc(F)cc1F. The summed E-state index contributed by atoms with van der Waals surface area (Å²) in [6.45, 7) is 3.37. The molecule has 104 valence electrons. The van der Waals surface area contributed by atoms with Crippen molar-refractivity contribution in [3.8, 4) is 0 Å². The highest BCUT2D eigenvalue weighted by Crippen LogP contribution is 2.30. The number of pyridine rings is 1. The highest BCUT2D eigenvalue weighted by Gasteiger charge is 2.24. The van der Waals surface area contributed by atoms with E-state index in [1.807, 2.05) is 12.1 Å². The summed E-state index contributed by atoms with van der Waals surface area (Å²) >= 11 is 0. The molecule has 0 bridgehead atoms. The minimum atomic E-state index is -0.636. The first kappa shape index (κ1) is 13.2. The maximum Gasteiger partial charge on any atom is 0.148 e. The highest BCUT2D eigenvalue weighted by atomic mass is 19.1. The van der Waals surface area contributed by atoms with Crippen molar-refractivity contribution in [3.05, 3.63) is 65.0 Å². The van der Waals surface area contributed by atoms with Crippen molar-refractivity contribution in [3.63, 3.8) is 0 Å². The minimum absolute atomic E-state index is 0.214. The third-order valence-corrected chi connectivity index (χ3v) is 3.96. The molecule has 1 aromatic carbocycles. The first-order valence-corrected chi connectivity index (χ1v) is 6.77. The van der Waals surface area contributed by atoms with Gasteiger partial charge in [-0.3, -0.25) is 9.88 Å². The number of rotatable bonds is 2. The lowest BCUT2D eigenvalue weighted by Crippen LogP contribution is -2.34. The number of hydrogen-bond donors (Lipinski definition) is 0. The molecule has 0 N–H and O–H groups in total. The molecule has 1 unspecified atom stereocenters. The molecule has 0 radical (unpaired) electrons. The predicted octanol–water partition coefficient (Wildman–Crippen LogP) is 3.48. The summed E-state index contributed by atoms with van der Waals surface area (Å²) in [5, 5.41) is 0. The van der Waals surface area contributed by atoms with Crippen LogP contribution in [0, 0.1) is 11.6 Å². The van der Waals surface area contributed by atoms with Gasteiger partial charge in [0.1, 0.15) is 11.6 Å². The minimum Gasteiger partial charge on any atom is -0.290 e. The van der Waals surface area contributed by atoms with Crippen LogP contribution in [-0.4, -0.2) is 16.4 Å². The maximum atomic E-state index is 13.7. The molecule has 0 fully saturated rings. The van der Waals surface area contributed by atoms with Crippen LogP contribution in [0.2, 0.25) is 0 Å². The number of nitrogens with zero attached hydrogens (tertiary/aromatic N) is 2. The molecule has 3 rings (SSSR count). The highest BCUT2D eigenvalue weighted by molar-refractivity contribution is 5.32. The fraction of sp³-hybridized carbons (Fsp3) is 0.312. The van der Waals surface area contributed by atoms with Crippen LogP contribution in [-0.2, 0) is 13.0 Å². The summed E-state index contributed by atoms with van der Waals surface area (Å²) in [7, 11) is 0. The predicted molar refractivity (Wildman–Crippen MR) is 73.1 cm³/mol. The summed E-state index contributed by atoms with van der Waals surface area (Å²) in [5.74, 6) is -1.21. The van der Waals surface area contributed by atoms with Crippen LogP contribution in [0.25, 0.3) is 0 Å². The van der Waals surface area contributed by atoms with E-state index in [4.69, 9.17) is 0 Å².